The Morgan fingerprint density at radius 2 is 1.39 bits per heavy atom. The summed E-state index contributed by atoms with van der Waals surface area (Å²) in [5.41, 5.74) is 10.7. The third kappa shape index (κ3) is 12.2. The van der Waals surface area contributed by atoms with Crippen LogP contribution in [0.3, 0.4) is 0 Å². The number of carboxylic acid groups (broad SMARTS) is 1. The van der Waals surface area contributed by atoms with Gasteiger partial charge in [0, 0.05) is 6.42 Å². The van der Waals surface area contributed by atoms with Crippen LogP contribution in [-0.4, -0.2) is 70.9 Å². The molecule has 0 aromatic carbocycles. The minimum absolute atomic E-state index is 0.0463. The number of primary amides is 1. The summed E-state index contributed by atoms with van der Waals surface area (Å²) in [6.07, 6.45) is 1.99. The van der Waals surface area contributed by atoms with Gasteiger partial charge in [-0.25, -0.2) is 4.79 Å². The zero-order valence-corrected chi connectivity index (χ0v) is 19.3. The van der Waals surface area contributed by atoms with Crippen molar-refractivity contribution in [1.29, 1.82) is 0 Å². The van der Waals surface area contributed by atoms with Crippen molar-refractivity contribution in [2.75, 3.05) is 12.0 Å². The van der Waals surface area contributed by atoms with Gasteiger partial charge >= 0.3 is 5.97 Å². The summed E-state index contributed by atoms with van der Waals surface area (Å²) in [6.45, 7) is 5.20. The monoisotopic (exact) mass is 461 g/mol. The van der Waals surface area contributed by atoms with Gasteiger partial charge in [-0.1, -0.05) is 13.8 Å². The first-order valence-corrected chi connectivity index (χ1v) is 11.4. The first kappa shape index (κ1) is 28.7. The van der Waals surface area contributed by atoms with Gasteiger partial charge in [-0.05, 0) is 44.1 Å². The fourth-order valence-corrected chi connectivity index (χ4v) is 3.07. The summed E-state index contributed by atoms with van der Waals surface area (Å²) in [5.74, 6) is -3.23. The smallest absolute Gasteiger partial charge is 0.326 e. The molecule has 0 bridgehead atoms. The Kier molecular flexibility index (Phi) is 13.5. The number of aliphatic carboxylic acids is 1. The topological polar surface area (TPSA) is 194 Å². The molecule has 0 aromatic heterocycles. The number of carbonyl (C=O) groups is 5. The van der Waals surface area contributed by atoms with Gasteiger partial charge in [0.2, 0.25) is 23.6 Å². The van der Waals surface area contributed by atoms with E-state index in [1.54, 1.807) is 0 Å². The van der Waals surface area contributed by atoms with Crippen molar-refractivity contribution >= 4 is 41.4 Å². The van der Waals surface area contributed by atoms with E-state index in [-0.39, 0.29) is 25.2 Å². The zero-order chi connectivity index (χ0) is 24.1. The molecule has 0 rings (SSSR count). The van der Waals surface area contributed by atoms with Gasteiger partial charge in [0.05, 0.1) is 6.04 Å². The number of hydrogen-bond donors (Lipinski definition) is 6. The van der Waals surface area contributed by atoms with Crippen LogP contribution in [0.2, 0.25) is 0 Å². The fraction of sp³-hybridized carbons (Fsp3) is 0.737. The molecule has 8 N–H and O–H groups in total. The summed E-state index contributed by atoms with van der Waals surface area (Å²) in [7, 11) is 0. The third-order valence-electron chi connectivity index (χ3n) is 4.29. The standard InChI is InChI=1S/C19H35N5O6S/c1-10(2)9-14(24-16(26)11(3)20)18(28)22-12(5-6-15(21)25)17(27)23-13(19(29)30)7-8-31-4/h10-14H,5-9,20H2,1-4H3,(H2,21,25)(H,22,28)(H,23,27)(H,24,26)(H,29,30). The predicted octanol–water partition coefficient (Wildman–Crippen LogP) is -1.06. The van der Waals surface area contributed by atoms with Crippen molar-refractivity contribution in [3.05, 3.63) is 0 Å². The summed E-state index contributed by atoms with van der Waals surface area (Å²) < 4.78 is 0. The second-order valence-electron chi connectivity index (χ2n) is 7.73. The minimum atomic E-state index is -1.20. The second kappa shape index (κ2) is 14.6. The molecule has 4 amide bonds. The number of nitrogens with two attached hydrogens (primary N) is 2. The van der Waals surface area contributed by atoms with Crippen molar-refractivity contribution in [3.63, 3.8) is 0 Å². The van der Waals surface area contributed by atoms with E-state index in [9.17, 15) is 29.1 Å². The van der Waals surface area contributed by atoms with Crippen LogP contribution in [-0.2, 0) is 24.0 Å². The number of carbonyl (C=O) groups excluding carboxylic acids is 4. The molecular weight excluding hydrogens is 426 g/mol. The largest absolute Gasteiger partial charge is 0.480 e. The van der Waals surface area contributed by atoms with Crippen molar-refractivity contribution in [2.24, 2.45) is 17.4 Å². The van der Waals surface area contributed by atoms with E-state index in [0.29, 0.717) is 12.2 Å². The normalized spacial score (nSPS) is 14.8. The Bertz CT molecular complexity index is 643. The molecule has 31 heavy (non-hydrogen) atoms. The van der Waals surface area contributed by atoms with Crippen LogP contribution in [0.15, 0.2) is 0 Å². The van der Waals surface area contributed by atoms with E-state index in [2.05, 4.69) is 16.0 Å². The molecule has 0 aliphatic heterocycles. The van der Waals surface area contributed by atoms with E-state index in [0.717, 1.165) is 0 Å². The molecule has 11 nitrogen and oxygen atoms in total. The molecule has 0 radical (unpaired) electrons. The fourth-order valence-electron chi connectivity index (χ4n) is 2.60. The maximum Gasteiger partial charge on any atom is 0.326 e. The quantitative estimate of drug-likeness (QED) is 0.177. The van der Waals surface area contributed by atoms with Crippen molar-refractivity contribution in [3.8, 4) is 0 Å². The molecular formula is C19H35N5O6S. The molecule has 0 aromatic rings. The molecule has 0 saturated heterocycles. The Balaban J connectivity index is 5.45. The Hall–Kier alpha value is -2.34. The maximum atomic E-state index is 12.8. The number of nitrogens with one attached hydrogen (secondary N) is 3. The average molecular weight is 462 g/mol. The number of rotatable bonds is 15. The second-order valence-corrected chi connectivity index (χ2v) is 8.71. The summed E-state index contributed by atoms with van der Waals surface area (Å²) in [4.78, 5) is 60.1. The molecule has 0 spiro atoms. The van der Waals surface area contributed by atoms with E-state index in [1.165, 1.54) is 18.7 Å². The molecule has 12 heteroatoms. The average Bonchev–Trinajstić information content (AvgIpc) is 2.66. The highest BCUT2D eigenvalue weighted by Gasteiger charge is 2.30. The zero-order valence-electron chi connectivity index (χ0n) is 18.5. The summed E-state index contributed by atoms with van der Waals surface area (Å²) in [6, 6.07) is -4.12. The van der Waals surface area contributed by atoms with Gasteiger partial charge in [0.1, 0.15) is 18.1 Å². The van der Waals surface area contributed by atoms with Crippen LogP contribution in [0.25, 0.3) is 0 Å². The lowest BCUT2D eigenvalue weighted by atomic mass is 10.0. The van der Waals surface area contributed by atoms with Crippen molar-refractivity contribution in [1.82, 2.24) is 16.0 Å². The molecule has 4 atom stereocenters. The lowest BCUT2D eigenvalue weighted by Gasteiger charge is -2.25. The number of carboxylic acids is 1. The first-order chi connectivity index (χ1) is 14.4. The van der Waals surface area contributed by atoms with E-state index in [4.69, 9.17) is 11.5 Å². The Labute approximate surface area is 186 Å². The molecule has 0 fully saturated rings. The molecule has 178 valence electrons. The first-order valence-electron chi connectivity index (χ1n) is 10.1. The minimum Gasteiger partial charge on any atom is -0.480 e. The van der Waals surface area contributed by atoms with E-state index >= 15 is 0 Å². The summed E-state index contributed by atoms with van der Waals surface area (Å²) >= 11 is 1.43. The molecule has 0 aliphatic carbocycles. The highest BCUT2D eigenvalue weighted by molar-refractivity contribution is 7.98. The van der Waals surface area contributed by atoms with Gasteiger partial charge in [-0.2, -0.15) is 11.8 Å². The van der Waals surface area contributed by atoms with Crippen LogP contribution in [0, 0.1) is 5.92 Å². The van der Waals surface area contributed by atoms with Crippen LogP contribution < -0.4 is 27.4 Å². The maximum absolute atomic E-state index is 12.8. The number of hydrogen-bond acceptors (Lipinski definition) is 7. The van der Waals surface area contributed by atoms with Crippen LogP contribution in [0.5, 0.6) is 0 Å². The summed E-state index contributed by atoms with van der Waals surface area (Å²) in [5, 5.41) is 16.8. The highest BCUT2D eigenvalue weighted by Crippen LogP contribution is 2.08. The highest BCUT2D eigenvalue weighted by atomic mass is 32.2. The van der Waals surface area contributed by atoms with Gasteiger partial charge < -0.3 is 32.5 Å². The van der Waals surface area contributed by atoms with Crippen LogP contribution >= 0.6 is 11.8 Å². The van der Waals surface area contributed by atoms with Gasteiger partial charge in [-0.3, -0.25) is 19.2 Å². The van der Waals surface area contributed by atoms with Crippen LogP contribution in [0.4, 0.5) is 0 Å². The number of thioether (sulfide) groups is 1. The van der Waals surface area contributed by atoms with Crippen LogP contribution in [0.1, 0.15) is 46.5 Å². The lowest BCUT2D eigenvalue weighted by molar-refractivity contribution is -0.142. The molecule has 0 saturated carbocycles. The van der Waals surface area contributed by atoms with E-state index < -0.39 is 53.8 Å². The molecule has 0 aliphatic rings. The van der Waals surface area contributed by atoms with Crippen molar-refractivity contribution < 1.29 is 29.1 Å². The lowest BCUT2D eigenvalue weighted by Crippen LogP contribution is -2.57. The van der Waals surface area contributed by atoms with Crippen molar-refractivity contribution in [2.45, 2.75) is 70.6 Å². The third-order valence-corrected chi connectivity index (χ3v) is 4.94. The molecule has 0 heterocycles. The van der Waals surface area contributed by atoms with Gasteiger partial charge in [-0.15, -0.1) is 0 Å². The van der Waals surface area contributed by atoms with Gasteiger partial charge in [0.25, 0.3) is 0 Å². The SMILES string of the molecule is CSCCC(NC(=O)C(CCC(N)=O)NC(=O)C(CC(C)C)NC(=O)C(C)N)C(=O)O. The predicted molar refractivity (Wildman–Crippen MR) is 118 cm³/mol. The Morgan fingerprint density at radius 3 is 1.84 bits per heavy atom. The molecule has 4 unspecified atom stereocenters. The van der Waals surface area contributed by atoms with E-state index in [1.807, 2.05) is 20.1 Å². The Morgan fingerprint density at radius 1 is 0.871 bits per heavy atom. The number of amides is 4. The van der Waals surface area contributed by atoms with Gasteiger partial charge in [0.15, 0.2) is 0 Å².